The van der Waals surface area contributed by atoms with Gasteiger partial charge < -0.3 is 19.6 Å². The Labute approximate surface area is 215 Å². The maximum absolute atomic E-state index is 4.95. The highest BCUT2D eigenvalue weighted by atomic mass is 127. The topological polar surface area (TPSA) is 63.4 Å². The van der Waals surface area contributed by atoms with Gasteiger partial charge in [0.25, 0.3) is 0 Å². The molecule has 8 nitrogen and oxygen atoms in total. The van der Waals surface area contributed by atoms with Crippen LogP contribution < -0.4 is 5.32 Å². The number of hydrogen-bond acceptors (Lipinski definition) is 6. The summed E-state index contributed by atoms with van der Waals surface area (Å²) in [4.78, 5) is 14.4. The van der Waals surface area contributed by atoms with Gasteiger partial charge in [0.2, 0.25) is 0 Å². The number of halogens is 1. The summed E-state index contributed by atoms with van der Waals surface area (Å²) in [6, 6.07) is 13.4. The molecule has 2 aromatic rings. The number of nitrogens with zero attached hydrogens (tertiary/aromatic N) is 6. The Morgan fingerprint density at radius 3 is 2.58 bits per heavy atom. The van der Waals surface area contributed by atoms with Crippen molar-refractivity contribution >= 4 is 29.9 Å². The van der Waals surface area contributed by atoms with Crippen LogP contribution in [0.5, 0.6) is 0 Å². The second kappa shape index (κ2) is 13.3. The van der Waals surface area contributed by atoms with Gasteiger partial charge in [0.15, 0.2) is 5.96 Å². The minimum atomic E-state index is 0. The van der Waals surface area contributed by atoms with Gasteiger partial charge in [-0.05, 0) is 19.0 Å². The highest BCUT2D eigenvalue weighted by molar-refractivity contribution is 14.0. The standard InChI is InChI=1S/C24H37N7O.HI/c1-25-24(31-16-13-29(14-17-31)19-22-9-18-32-27-22)26-10-6-11-30-15-12-28(2)20-23(30)21-7-4-3-5-8-21;/h3-5,7-9,18,23H,6,10-17,19-20H2,1-2H3,(H,25,26);1H. The minimum absolute atomic E-state index is 0. The van der Waals surface area contributed by atoms with Gasteiger partial charge in [-0.1, -0.05) is 35.5 Å². The maximum atomic E-state index is 4.95. The van der Waals surface area contributed by atoms with Gasteiger partial charge in [-0.3, -0.25) is 14.8 Å². The minimum Gasteiger partial charge on any atom is -0.364 e. The molecule has 0 amide bonds. The van der Waals surface area contributed by atoms with Crippen LogP contribution in [0.25, 0.3) is 0 Å². The third-order valence-corrected chi connectivity index (χ3v) is 6.54. The number of piperazine rings is 2. The van der Waals surface area contributed by atoms with Gasteiger partial charge in [0.05, 0.1) is 5.69 Å². The van der Waals surface area contributed by atoms with Crippen LogP contribution in [-0.2, 0) is 6.54 Å². The van der Waals surface area contributed by atoms with Crippen molar-refractivity contribution in [3.05, 3.63) is 53.9 Å². The summed E-state index contributed by atoms with van der Waals surface area (Å²) < 4.78 is 4.95. The molecule has 0 aliphatic carbocycles. The van der Waals surface area contributed by atoms with Crippen molar-refractivity contribution in [3.63, 3.8) is 0 Å². The monoisotopic (exact) mass is 567 g/mol. The van der Waals surface area contributed by atoms with Crippen molar-refractivity contribution in [1.29, 1.82) is 0 Å². The number of nitrogens with one attached hydrogen (secondary N) is 1. The average Bonchev–Trinajstić information content (AvgIpc) is 3.34. The number of likely N-dealkylation sites (N-methyl/N-ethyl adjacent to an activating group) is 1. The maximum Gasteiger partial charge on any atom is 0.193 e. The van der Waals surface area contributed by atoms with Crippen molar-refractivity contribution in [3.8, 4) is 0 Å². The zero-order valence-electron chi connectivity index (χ0n) is 19.9. The van der Waals surface area contributed by atoms with Gasteiger partial charge in [-0.15, -0.1) is 24.0 Å². The van der Waals surface area contributed by atoms with Crippen molar-refractivity contribution in [1.82, 2.24) is 30.1 Å². The van der Waals surface area contributed by atoms with Crippen LogP contribution in [0.3, 0.4) is 0 Å². The fraction of sp³-hybridized carbons (Fsp3) is 0.583. The van der Waals surface area contributed by atoms with Crippen LogP contribution in [0.2, 0.25) is 0 Å². The Morgan fingerprint density at radius 2 is 1.88 bits per heavy atom. The van der Waals surface area contributed by atoms with E-state index in [1.165, 1.54) is 5.56 Å². The predicted octanol–water partition coefficient (Wildman–Crippen LogP) is 2.36. The number of aromatic nitrogens is 1. The second-order valence-corrected chi connectivity index (χ2v) is 8.81. The molecule has 0 spiro atoms. The number of rotatable bonds is 7. The Bertz CT molecular complexity index is 825. The summed E-state index contributed by atoms with van der Waals surface area (Å²) in [5.74, 6) is 1.02. The van der Waals surface area contributed by atoms with Crippen LogP contribution in [-0.4, -0.2) is 104 Å². The molecule has 1 aromatic heterocycles. The van der Waals surface area contributed by atoms with Crippen LogP contribution in [0.4, 0.5) is 0 Å². The molecule has 2 aliphatic heterocycles. The van der Waals surface area contributed by atoms with Gasteiger partial charge in [0.1, 0.15) is 6.26 Å². The summed E-state index contributed by atoms with van der Waals surface area (Å²) >= 11 is 0. The lowest BCUT2D eigenvalue weighted by atomic mass is 10.0. The van der Waals surface area contributed by atoms with E-state index in [1.807, 2.05) is 13.1 Å². The van der Waals surface area contributed by atoms with E-state index in [0.717, 1.165) is 83.5 Å². The lowest BCUT2D eigenvalue weighted by Gasteiger charge is -2.40. The first-order chi connectivity index (χ1) is 15.7. The molecular weight excluding hydrogens is 529 g/mol. The molecule has 9 heteroatoms. The highest BCUT2D eigenvalue weighted by Gasteiger charge is 2.26. The first-order valence-corrected chi connectivity index (χ1v) is 11.8. The molecule has 2 aliphatic rings. The number of guanidine groups is 1. The molecule has 33 heavy (non-hydrogen) atoms. The predicted molar refractivity (Wildman–Crippen MR) is 143 cm³/mol. The van der Waals surface area contributed by atoms with E-state index < -0.39 is 0 Å². The van der Waals surface area contributed by atoms with E-state index in [0.29, 0.717) is 6.04 Å². The molecule has 4 rings (SSSR count). The number of hydrogen-bond donors (Lipinski definition) is 1. The van der Waals surface area contributed by atoms with Crippen molar-refractivity contribution in [2.45, 2.75) is 19.0 Å². The average molecular weight is 568 g/mol. The zero-order valence-corrected chi connectivity index (χ0v) is 22.2. The molecular formula is C24H38IN7O. The van der Waals surface area contributed by atoms with Gasteiger partial charge >= 0.3 is 0 Å². The van der Waals surface area contributed by atoms with Crippen LogP contribution >= 0.6 is 24.0 Å². The Kier molecular flexibility index (Phi) is 10.4. The Morgan fingerprint density at radius 1 is 1.09 bits per heavy atom. The first kappa shape index (κ1) is 25.9. The van der Waals surface area contributed by atoms with Gasteiger partial charge in [0, 0.05) is 84.6 Å². The van der Waals surface area contributed by atoms with Crippen molar-refractivity contribution in [2.24, 2.45) is 4.99 Å². The molecule has 1 aromatic carbocycles. The van der Waals surface area contributed by atoms with E-state index in [-0.39, 0.29) is 24.0 Å². The van der Waals surface area contributed by atoms with E-state index in [2.05, 4.69) is 72.4 Å². The third-order valence-electron chi connectivity index (χ3n) is 6.54. The summed E-state index contributed by atoms with van der Waals surface area (Å²) in [5.41, 5.74) is 2.42. The third kappa shape index (κ3) is 7.40. The van der Waals surface area contributed by atoms with E-state index in [4.69, 9.17) is 4.52 Å². The van der Waals surface area contributed by atoms with E-state index >= 15 is 0 Å². The Balaban J connectivity index is 0.00000306. The highest BCUT2D eigenvalue weighted by Crippen LogP contribution is 2.24. The zero-order chi connectivity index (χ0) is 22.2. The van der Waals surface area contributed by atoms with Gasteiger partial charge in [-0.2, -0.15) is 0 Å². The lowest BCUT2D eigenvalue weighted by Crippen LogP contribution is -2.52. The van der Waals surface area contributed by atoms with E-state index in [9.17, 15) is 0 Å². The molecule has 182 valence electrons. The molecule has 1 N–H and O–H groups in total. The van der Waals surface area contributed by atoms with Crippen LogP contribution in [0.1, 0.15) is 23.7 Å². The molecule has 1 atom stereocenters. The van der Waals surface area contributed by atoms with E-state index in [1.54, 1.807) is 6.26 Å². The van der Waals surface area contributed by atoms with Crippen molar-refractivity contribution in [2.75, 3.05) is 73.0 Å². The van der Waals surface area contributed by atoms with Crippen LogP contribution in [0, 0.1) is 0 Å². The SMILES string of the molecule is CN=C(NCCCN1CCN(C)CC1c1ccccc1)N1CCN(Cc2ccon2)CC1.I. The summed E-state index contributed by atoms with van der Waals surface area (Å²) in [7, 11) is 4.11. The summed E-state index contributed by atoms with van der Waals surface area (Å²) in [5, 5.41) is 7.62. The summed E-state index contributed by atoms with van der Waals surface area (Å²) in [6.45, 7) is 10.2. The lowest BCUT2D eigenvalue weighted by molar-refractivity contribution is 0.0890. The molecule has 0 radical (unpaired) electrons. The van der Waals surface area contributed by atoms with Gasteiger partial charge in [-0.25, -0.2) is 0 Å². The molecule has 1 unspecified atom stereocenters. The number of aliphatic imine (C=N–C) groups is 1. The molecule has 2 saturated heterocycles. The molecule has 0 bridgehead atoms. The fourth-order valence-corrected chi connectivity index (χ4v) is 4.70. The Hall–Kier alpha value is -1.69. The molecule has 3 heterocycles. The normalized spacial score (nSPS) is 21.1. The van der Waals surface area contributed by atoms with Crippen molar-refractivity contribution < 1.29 is 4.52 Å². The largest absolute Gasteiger partial charge is 0.364 e. The molecule has 2 fully saturated rings. The smallest absolute Gasteiger partial charge is 0.193 e. The van der Waals surface area contributed by atoms with Crippen LogP contribution in [0.15, 0.2) is 52.2 Å². The quantitative estimate of drug-likeness (QED) is 0.239. The summed E-state index contributed by atoms with van der Waals surface area (Å²) in [6.07, 6.45) is 2.75. The number of benzene rings is 1. The molecule has 0 saturated carbocycles. The second-order valence-electron chi connectivity index (χ2n) is 8.81. The first-order valence-electron chi connectivity index (χ1n) is 11.8. The fourth-order valence-electron chi connectivity index (χ4n) is 4.70.